The first-order valence-corrected chi connectivity index (χ1v) is 6.53. The Kier molecular flexibility index (Phi) is 4.15. The zero-order valence-corrected chi connectivity index (χ0v) is 12.1. The van der Waals surface area contributed by atoms with Gasteiger partial charge in [0, 0.05) is 25.5 Å². The monoisotopic (exact) mass is 269 g/mol. The lowest BCUT2D eigenvalue weighted by Crippen LogP contribution is -2.28. The van der Waals surface area contributed by atoms with E-state index in [2.05, 4.69) is 11.1 Å². The lowest BCUT2D eigenvalue weighted by atomic mass is 10.1. The van der Waals surface area contributed by atoms with Crippen molar-refractivity contribution in [2.24, 2.45) is 5.73 Å². The number of pyridine rings is 1. The van der Waals surface area contributed by atoms with Gasteiger partial charge in [0.1, 0.15) is 5.69 Å². The quantitative estimate of drug-likeness (QED) is 0.931. The smallest absolute Gasteiger partial charge is 0.276 e. The molecule has 0 atom stereocenters. The first-order valence-electron chi connectivity index (χ1n) is 6.53. The largest absolute Gasteiger partial charge is 0.326 e. The van der Waals surface area contributed by atoms with Gasteiger partial charge in [-0.15, -0.1) is 0 Å². The molecule has 0 saturated carbocycles. The molecule has 0 fully saturated rings. The van der Waals surface area contributed by atoms with Gasteiger partial charge in [0.2, 0.25) is 0 Å². The highest BCUT2D eigenvalue weighted by molar-refractivity contribution is 6.04. The van der Waals surface area contributed by atoms with Crippen LogP contribution >= 0.6 is 0 Å². The SMILES string of the molecule is Cc1ccc(N(C)C(=O)c2cc(CN)ccn2)c(C)c1. The zero-order valence-electron chi connectivity index (χ0n) is 12.1. The maximum atomic E-state index is 12.5. The number of aromatic nitrogens is 1. The Morgan fingerprint density at radius 3 is 2.65 bits per heavy atom. The number of hydrogen-bond donors (Lipinski definition) is 1. The van der Waals surface area contributed by atoms with E-state index in [-0.39, 0.29) is 5.91 Å². The summed E-state index contributed by atoms with van der Waals surface area (Å²) in [5.41, 5.74) is 10.0. The number of amides is 1. The first kappa shape index (κ1) is 14.2. The van der Waals surface area contributed by atoms with Crippen LogP contribution in [0.3, 0.4) is 0 Å². The summed E-state index contributed by atoms with van der Waals surface area (Å²) < 4.78 is 0. The molecule has 0 aliphatic heterocycles. The summed E-state index contributed by atoms with van der Waals surface area (Å²) in [7, 11) is 1.76. The summed E-state index contributed by atoms with van der Waals surface area (Å²) in [6.45, 7) is 4.43. The number of carbonyl (C=O) groups excluding carboxylic acids is 1. The van der Waals surface area contributed by atoms with Gasteiger partial charge in [-0.2, -0.15) is 0 Å². The van der Waals surface area contributed by atoms with Crippen molar-refractivity contribution in [1.29, 1.82) is 0 Å². The number of nitrogens with two attached hydrogens (primary N) is 1. The predicted molar refractivity (Wildman–Crippen MR) is 80.8 cm³/mol. The number of nitrogens with zero attached hydrogens (tertiary/aromatic N) is 2. The van der Waals surface area contributed by atoms with Crippen LogP contribution in [0, 0.1) is 13.8 Å². The van der Waals surface area contributed by atoms with Crippen molar-refractivity contribution < 1.29 is 4.79 Å². The molecule has 0 spiro atoms. The molecule has 4 heteroatoms. The topological polar surface area (TPSA) is 59.2 Å². The number of aryl methyl sites for hydroxylation is 2. The van der Waals surface area contributed by atoms with E-state index in [9.17, 15) is 4.79 Å². The molecule has 1 aromatic carbocycles. The third kappa shape index (κ3) is 2.86. The molecule has 1 aromatic heterocycles. The van der Waals surface area contributed by atoms with E-state index in [1.54, 1.807) is 24.2 Å². The molecule has 2 N–H and O–H groups in total. The van der Waals surface area contributed by atoms with Crippen LogP contribution in [0.5, 0.6) is 0 Å². The summed E-state index contributed by atoms with van der Waals surface area (Å²) in [5.74, 6) is -0.132. The minimum absolute atomic E-state index is 0.132. The van der Waals surface area contributed by atoms with Crippen LogP contribution in [0.15, 0.2) is 36.5 Å². The average molecular weight is 269 g/mol. The summed E-state index contributed by atoms with van der Waals surface area (Å²) in [4.78, 5) is 18.2. The maximum Gasteiger partial charge on any atom is 0.276 e. The van der Waals surface area contributed by atoms with Crippen molar-refractivity contribution in [2.45, 2.75) is 20.4 Å². The zero-order chi connectivity index (χ0) is 14.7. The minimum atomic E-state index is -0.132. The van der Waals surface area contributed by atoms with Gasteiger partial charge < -0.3 is 10.6 Å². The van der Waals surface area contributed by atoms with Crippen molar-refractivity contribution in [3.05, 3.63) is 58.9 Å². The van der Waals surface area contributed by atoms with Gasteiger partial charge >= 0.3 is 0 Å². The molecule has 0 unspecified atom stereocenters. The molecular weight excluding hydrogens is 250 g/mol. The van der Waals surface area contributed by atoms with Gasteiger partial charge in [0.25, 0.3) is 5.91 Å². The van der Waals surface area contributed by atoms with Crippen molar-refractivity contribution in [1.82, 2.24) is 4.98 Å². The van der Waals surface area contributed by atoms with E-state index in [0.717, 1.165) is 16.8 Å². The summed E-state index contributed by atoms with van der Waals surface area (Å²) in [5, 5.41) is 0. The van der Waals surface area contributed by atoms with Gasteiger partial charge in [0.05, 0.1) is 0 Å². The van der Waals surface area contributed by atoms with Gasteiger partial charge in [-0.3, -0.25) is 9.78 Å². The molecule has 0 radical (unpaired) electrons. The van der Waals surface area contributed by atoms with Gasteiger partial charge in [0.15, 0.2) is 0 Å². The van der Waals surface area contributed by atoms with Crippen LogP contribution in [0.25, 0.3) is 0 Å². The number of hydrogen-bond acceptors (Lipinski definition) is 3. The third-order valence-corrected chi connectivity index (χ3v) is 3.30. The highest BCUT2D eigenvalue weighted by Crippen LogP contribution is 2.21. The van der Waals surface area contributed by atoms with Gasteiger partial charge in [-0.05, 0) is 43.2 Å². The van der Waals surface area contributed by atoms with Crippen molar-refractivity contribution in [2.75, 3.05) is 11.9 Å². The van der Waals surface area contributed by atoms with Gasteiger partial charge in [-0.25, -0.2) is 0 Å². The number of rotatable bonds is 3. The van der Waals surface area contributed by atoms with Crippen LogP contribution in [0.4, 0.5) is 5.69 Å². The Morgan fingerprint density at radius 1 is 1.25 bits per heavy atom. The molecule has 1 amide bonds. The number of carbonyl (C=O) groups is 1. The lowest BCUT2D eigenvalue weighted by molar-refractivity contribution is 0.0988. The lowest BCUT2D eigenvalue weighted by Gasteiger charge is -2.19. The van der Waals surface area contributed by atoms with Crippen LogP contribution in [-0.2, 0) is 6.54 Å². The third-order valence-electron chi connectivity index (χ3n) is 3.30. The fourth-order valence-corrected chi connectivity index (χ4v) is 2.18. The second kappa shape index (κ2) is 5.84. The molecule has 2 aromatic rings. The molecule has 0 bridgehead atoms. The fourth-order valence-electron chi connectivity index (χ4n) is 2.18. The molecule has 20 heavy (non-hydrogen) atoms. The van der Waals surface area contributed by atoms with E-state index < -0.39 is 0 Å². The summed E-state index contributed by atoms with van der Waals surface area (Å²) >= 11 is 0. The fraction of sp³-hybridized carbons (Fsp3) is 0.250. The summed E-state index contributed by atoms with van der Waals surface area (Å²) in [6, 6.07) is 9.56. The van der Waals surface area contributed by atoms with Gasteiger partial charge in [-0.1, -0.05) is 17.7 Å². The molecule has 4 nitrogen and oxygen atoms in total. The summed E-state index contributed by atoms with van der Waals surface area (Å²) in [6.07, 6.45) is 1.62. The van der Waals surface area contributed by atoms with Crippen LogP contribution < -0.4 is 10.6 Å². The second-order valence-corrected chi connectivity index (χ2v) is 4.91. The first-order chi connectivity index (χ1) is 9.52. The van der Waals surface area contributed by atoms with E-state index in [1.165, 1.54) is 5.56 Å². The molecule has 2 rings (SSSR count). The van der Waals surface area contributed by atoms with Crippen LogP contribution in [0.2, 0.25) is 0 Å². The van der Waals surface area contributed by atoms with E-state index in [1.807, 2.05) is 32.0 Å². The Hall–Kier alpha value is -2.20. The molecule has 0 aliphatic rings. The van der Waals surface area contributed by atoms with Crippen LogP contribution in [0.1, 0.15) is 27.2 Å². The van der Waals surface area contributed by atoms with Crippen LogP contribution in [-0.4, -0.2) is 17.9 Å². The molecular formula is C16H19N3O. The normalized spacial score (nSPS) is 10.4. The molecule has 1 heterocycles. The van der Waals surface area contributed by atoms with E-state index >= 15 is 0 Å². The second-order valence-electron chi connectivity index (χ2n) is 4.91. The Morgan fingerprint density at radius 2 is 2.00 bits per heavy atom. The highest BCUT2D eigenvalue weighted by atomic mass is 16.2. The van der Waals surface area contributed by atoms with Crippen molar-refractivity contribution >= 4 is 11.6 Å². The minimum Gasteiger partial charge on any atom is -0.326 e. The molecule has 0 aliphatic carbocycles. The number of anilines is 1. The van der Waals surface area contributed by atoms with Crippen molar-refractivity contribution in [3.63, 3.8) is 0 Å². The van der Waals surface area contributed by atoms with E-state index in [4.69, 9.17) is 5.73 Å². The predicted octanol–water partition coefficient (Wildman–Crippen LogP) is 2.43. The molecule has 0 saturated heterocycles. The Bertz CT molecular complexity index is 637. The highest BCUT2D eigenvalue weighted by Gasteiger charge is 2.16. The molecule has 104 valence electrons. The maximum absolute atomic E-state index is 12.5. The Balaban J connectivity index is 2.32. The Labute approximate surface area is 119 Å². The van der Waals surface area contributed by atoms with E-state index in [0.29, 0.717) is 12.2 Å². The number of benzene rings is 1. The average Bonchev–Trinajstić information content (AvgIpc) is 2.46. The van der Waals surface area contributed by atoms with Crippen molar-refractivity contribution in [3.8, 4) is 0 Å². The standard InChI is InChI=1S/C16H19N3O/c1-11-4-5-15(12(2)8-11)19(3)16(20)14-9-13(10-17)6-7-18-14/h4-9H,10,17H2,1-3H3.